The molecule has 0 radical (unpaired) electrons. The van der Waals surface area contributed by atoms with Crippen molar-refractivity contribution in [1.82, 2.24) is 5.32 Å². The summed E-state index contributed by atoms with van der Waals surface area (Å²) in [6, 6.07) is 7.15. The zero-order valence-corrected chi connectivity index (χ0v) is 8.80. The SMILES string of the molecule is COc1ccccc1CNC(=O)C[N+](=O)[O-]. The molecule has 1 rings (SSSR count). The zero-order valence-electron chi connectivity index (χ0n) is 8.80. The smallest absolute Gasteiger partial charge is 0.292 e. The number of para-hydroxylation sites is 1. The van der Waals surface area contributed by atoms with Gasteiger partial charge in [-0.1, -0.05) is 18.2 Å². The van der Waals surface area contributed by atoms with E-state index in [1.54, 1.807) is 24.3 Å². The van der Waals surface area contributed by atoms with Crippen LogP contribution in [-0.2, 0) is 11.3 Å². The molecule has 0 saturated heterocycles. The van der Waals surface area contributed by atoms with Gasteiger partial charge in [0.1, 0.15) is 5.75 Å². The summed E-state index contributed by atoms with van der Waals surface area (Å²) in [7, 11) is 1.53. The van der Waals surface area contributed by atoms with E-state index in [1.165, 1.54) is 7.11 Å². The molecule has 0 aliphatic rings. The second-order valence-electron chi connectivity index (χ2n) is 3.08. The van der Waals surface area contributed by atoms with Crippen molar-refractivity contribution in [1.29, 1.82) is 0 Å². The van der Waals surface area contributed by atoms with Gasteiger partial charge in [-0.3, -0.25) is 14.9 Å². The molecule has 0 bridgehead atoms. The van der Waals surface area contributed by atoms with Gasteiger partial charge in [0.2, 0.25) is 0 Å². The molecule has 0 saturated carbocycles. The van der Waals surface area contributed by atoms with E-state index in [0.29, 0.717) is 5.75 Å². The number of hydrogen-bond acceptors (Lipinski definition) is 4. The summed E-state index contributed by atoms with van der Waals surface area (Å²) in [4.78, 5) is 20.4. The highest BCUT2D eigenvalue weighted by atomic mass is 16.6. The van der Waals surface area contributed by atoms with Gasteiger partial charge >= 0.3 is 0 Å². The first-order chi connectivity index (χ1) is 7.63. The van der Waals surface area contributed by atoms with Crippen LogP contribution in [0.1, 0.15) is 5.56 Å². The highest BCUT2D eigenvalue weighted by Gasteiger charge is 2.09. The number of nitro groups is 1. The Hall–Kier alpha value is -2.11. The average Bonchev–Trinajstić information content (AvgIpc) is 2.26. The summed E-state index contributed by atoms with van der Waals surface area (Å²) in [5, 5.41) is 12.5. The van der Waals surface area contributed by atoms with Crippen molar-refractivity contribution >= 4 is 5.91 Å². The third-order valence-corrected chi connectivity index (χ3v) is 1.94. The summed E-state index contributed by atoms with van der Waals surface area (Å²) >= 11 is 0. The van der Waals surface area contributed by atoms with Gasteiger partial charge in [0, 0.05) is 17.0 Å². The van der Waals surface area contributed by atoms with E-state index in [9.17, 15) is 14.9 Å². The van der Waals surface area contributed by atoms with Crippen LogP contribution < -0.4 is 10.1 Å². The second-order valence-corrected chi connectivity index (χ2v) is 3.08. The maximum absolute atomic E-state index is 11.0. The Bertz CT molecular complexity index is 392. The van der Waals surface area contributed by atoms with Gasteiger partial charge in [-0.15, -0.1) is 0 Å². The van der Waals surface area contributed by atoms with Gasteiger partial charge in [-0.25, -0.2) is 0 Å². The molecule has 6 nitrogen and oxygen atoms in total. The largest absolute Gasteiger partial charge is 0.496 e. The quantitative estimate of drug-likeness (QED) is 0.586. The third-order valence-electron chi connectivity index (χ3n) is 1.94. The van der Waals surface area contributed by atoms with Crippen molar-refractivity contribution in [3.8, 4) is 5.75 Å². The normalized spacial score (nSPS) is 9.56. The monoisotopic (exact) mass is 224 g/mol. The number of carbonyl (C=O) groups is 1. The predicted octanol–water partition coefficient (Wildman–Crippen LogP) is 0.588. The van der Waals surface area contributed by atoms with E-state index in [0.717, 1.165) is 5.56 Å². The van der Waals surface area contributed by atoms with Crippen LogP contribution in [0.3, 0.4) is 0 Å². The molecule has 1 amide bonds. The van der Waals surface area contributed by atoms with Gasteiger partial charge < -0.3 is 10.1 Å². The number of benzene rings is 1. The number of rotatable bonds is 5. The van der Waals surface area contributed by atoms with Gasteiger partial charge in [0.15, 0.2) is 0 Å². The minimum atomic E-state index is -0.713. The number of ether oxygens (including phenoxy) is 1. The number of nitrogens with one attached hydrogen (secondary N) is 1. The van der Waals surface area contributed by atoms with Crippen molar-refractivity contribution in [3.63, 3.8) is 0 Å². The number of nitrogens with zero attached hydrogens (tertiary/aromatic N) is 1. The fraction of sp³-hybridized carbons (Fsp3) is 0.300. The van der Waals surface area contributed by atoms with Crippen LogP contribution in [0.15, 0.2) is 24.3 Å². The molecule has 0 fully saturated rings. The van der Waals surface area contributed by atoms with Crippen LogP contribution in [0.5, 0.6) is 5.75 Å². The number of carbonyl (C=O) groups excluding carboxylic acids is 1. The molecule has 0 aliphatic carbocycles. The van der Waals surface area contributed by atoms with Crippen LogP contribution in [0, 0.1) is 10.1 Å². The second kappa shape index (κ2) is 5.69. The molecule has 0 atom stereocenters. The topological polar surface area (TPSA) is 81.5 Å². The van der Waals surface area contributed by atoms with Gasteiger partial charge in [0.25, 0.3) is 12.5 Å². The first kappa shape index (κ1) is 12.0. The van der Waals surface area contributed by atoms with Crippen molar-refractivity contribution in [2.75, 3.05) is 13.7 Å². The van der Waals surface area contributed by atoms with Gasteiger partial charge in [-0.05, 0) is 6.07 Å². The maximum Gasteiger partial charge on any atom is 0.292 e. The molecule has 1 N–H and O–H groups in total. The van der Waals surface area contributed by atoms with Crippen molar-refractivity contribution in [3.05, 3.63) is 39.9 Å². The Morgan fingerprint density at radius 2 is 2.19 bits per heavy atom. The molecule has 6 heteroatoms. The molecule has 0 aromatic heterocycles. The van der Waals surface area contributed by atoms with E-state index in [-0.39, 0.29) is 6.54 Å². The fourth-order valence-electron chi connectivity index (χ4n) is 1.22. The molecular formula is C10H12N2O4. The van der Waals surface area contributed by atoms with Crippen molar-refractivity contribution in [2.45, 2.75) is 6.54 Å². The minimum Gasteiger partial charge on any atom is -0.496 e. The molecule has 0 heterocycles. The molecule has 1 aromatic rings. The molecule has 86 valence electrons. The lowest BCUT2D eigenvalue weighted by molar-refractivity contribution is -0.467. The Morgan fingerprint density at radius 1 is 1.50 bits per heavy atom. The van der Waals surface area contributed by atoms with E-state index in [2.05, 4.69) is 5.32 Å². The Kier molecular flexibility index (Phi) is 4.26. The van der Waals surface area contributed by atoms with E-state index in [4.69, 9.17) is 4.74 Å². The summed E-state index contributed by atoms with van der Waals surface area (Å²) in [6.07, 6.45) is 0. The van der Waals surface area contributed by atoms with Crippen LogP contribution in [0.2, 0.25) is 0 Å². The lowest BCUT2D eigenvalue weighted by Crippen LogP contribution is -2.29. The standard InChI is InChI=1S/C10H12N2O4/c1-16-9-5-3-2-4-8(9)6-11-10(13)7-12(14)15/h2-5H,6-7H2,1H3,(H,11,13). The van der Waals surface area contributed by atoms with Crippen LogP contribution in [-0.4, -0.2) is 24.5 Å². The van der Waals surface area contributed by atoms with Crippen molar-refractivity contribution in [2.24, 2.45) is 0 Å². The third kappa shape index (κ3) is 3.56. The van der Waals surface area contributed by atoms with Crippen LogP contribution in [0.25, 0.3) is 0 Å². The molecule has 0 spiro atoms. The van der Waals surface area contributed by atoms with E-state index < -0.39 is 17.4 Å². The summed E-state index contributed by atoms with van der Waals surface area (Å²) in [5.41, 5.74) is 0.779. The van der Waals surface area contributed by atoms with E-state index >= 15 is 0 Å². The molecular weight excluding hydrogens is 212 g/mol. The van der Waals surface area contributed by atoms with Crippen LogP contribution in [0.4, 0.5) is 0 Å². The van der Waals surface area contributed by atoms with Crippen molar-refractivity contribution < 1.29 is 14.5 Å². The maximum atomic E-state index is 11.0. The first-order valence-electron chi connectivity index (χ1n) is 4.64. The number of amides is 1. The summed E-state index contributed by atoms with van der Waals surface area (Å²) in [5.74, 6) is 0.0276. The van der Waals surface area contributed by atoms with Crippen LogP contribution >= 0.6 is 0 Å². The highest BCUT2D eigenvalue weighted by molar-refractivity contribution is 5.76. The Labute approximate surface area is 92.4 Å². The summed E-state index contributed by atoms with van der Waals surface area (Å²) < 4.78 is 5.07. The molecule has 0 aliphatic heterocycles. The fourth-order valence-corrected chi connectivity index (χ4v) is 1.22. The molecule has 0 unspecified atom stereocenters. The Morgan fingerprint density at radius 3 is 2.81 bits per heavy atom. The van der Waals surface area contributed by atoms with E-state index in [1.807, 2.05) is 0 Å². The van der Waals surface area contributed by atoms with Gasteiger partial charge in [-0.2, -0.15) is 0 Å². The number of methoxy groups -OCH3 is 1. The summed E-state index contributed by atoms with van der Waals surface area (Å²) in [6.45, 7) is -0.494. The lowest BCUT2D eigenvalue weighted by Gasteiger charge is -2.07. The highest BCUT2D eigenvalue weighted by Crippen LogP contribution is 2.16. The van der Waals surface area contributed by atoms with Gasteiger partial charge in [0.05, 0.1) is 7.11 Å². The molecule has 16 heavy (non-hydrogen) atoms. The minimum absolute atomic E-state index is 0.219. The molecule has 1 aromatic carbocycles. The Balaban J connectivity index is 2.54. The number of hydrogen-bond donors (Lipinski definition) is 1. The lowest BCUT2D eigenvalue weighted by atomic mass is 10.2. The first-order valence-corrected chi connectivity index (χ1v) is 4.64. The zero-order chi connectivity index (χ0) is 12.0. The average molecular weight is 224 g/mol. The predicted molar refractivity (Wildman–Crippen MR) is 56.7 cm³/mol.